The molecule has 1 aromatic carbocycles. The second-order valence-electron chi connectivity index (χ2n) is 7.67. The van der Waals surface area contributed by atoms with Gasteiger partial charge in [0.05, 0.1) is 19.5 Å². The summed E-state index contributed by atoms with van der Waals surface area (Å²) in [6.07, 6.45) is 7.05. The second-order valence-corrected chi connectivity index (χ2v) is 7.67. The Balaban J connectivity index is 1.30. The van der Waals surface area contributed by atoms with Gasteiger partial charge in [-0.2, -0.15) is 10.2 Å². The molecule has 0 bridgehead atoms. The van der Waals surface area contributed by atoms with Gasteiger partial charge in [-0.25, -0.2) is 14.4 Å². The Morgan fingerprint density at radius 2 is 1.77 bits per heavy atom. The minimum atomic E-state index is -0.408. The third-order valence-electron chi connectivity index (χ3n) is 5.45. The van der Waals surface area contributed by atoms with Crippen LogP contribution in [0, 0.1) is 5.82 Å². The van der Waals surface area contributed by atoms with Gasteiger partial charge in [0.25, 0.3) is 0 Å². The Labute approximate surface area is 173 Å². The van der Waals surface area contributed by atoms with E-state index in [4.69, 9.17) is 19.4 Å². The van der Waals surface area contributed by atoms with Crippen molar-refractivity contribution in [3.05, 3.63) is 36.4 Å². The molecular formula is C21H23FN6O2. The van der Waals surface area contributed by atoms with Crippen molar-refractivity contribution < 1.29 is 13.9 Å². The molecule has 3 aromatic rings. The standard InChI is InChI=1S/C21H23FN6O2/c1-29-15-4-5-19(16(22)10-15)30-14-6-8-28(9-7-14)21-20(25-13-2-3-13)26-17-11-23-24-12-18(17)27-21/h4-5,10-14H,2-3,6-9H2,1H3,(H,25,26). The summed E-state index contributed by atoms with van der Waals surface area (Å²) in [7, 11) is 1.51. The SMILES string of the molecule is COc1ccc(OC2CCN(c3nc4cnncc4nc3NC3CC3)CC2)c(F)c1. The van der Waals surface area contributed by atoms with Crippen LogP contribution in [0.5, 0.6) is 11.5 Å². The van der Waals surface area contributed by atoms with Gasteiger partial charge in [0.15, 0.2) is 23.2 Å². The average molecular weight is 410 g/mol. The van der Waals surface area contributed by atoms with Gasteiger partial charge < -0.3 is 19.7 Å². The van der Waals surface area contributed by atoms with Crippen LogP contribution < -0.4 is 19.7 Å². The van der Waals surface area contributed by atoms with E-state index in [1.165, 1.54) is 13.2 Å². The predicted octanol–water partition coefficient (Wildman–Crippen LogP) is 3.19. The van der Waals surface area contributed by atoms with Gasteiger partial charge in [0.2, 0.25) is 0 Å². The number of methoxy groups -OCH3 is 1. The van der Waals surface area contributed by atoms with Gasteiger partial charge >= 0.3 is 0 Å². The molecule has 156 valence electrons. The van der Waals surface area contributed by atoms with E-state index in [0.29, 0.717) is 11.8 Å². The molecule has 5 rings (SSSR count). The number of anilines is 2. The molecule has 0 amide bonds. The second kappa shape index (κ2) is 7.89. The highest BCUT2D eigenvalue weighted by atomic mass is 19.1. The maximum absolute atomic E-state index is 14.2. The van der Waals surface area contributed by atoms with Crippen LogP contribution >= 0.6 is 0 Å². The van der Waals surface area contributed by atoms with Gasteiger partial charge in [-0.3, -0.25) is 0 Å². The lowest BCUT2D eigenvalue weighted by atomic mass is 10.1. The lowest BCUT2D eigenvalue weighted by Crippen LogP contribution is -2.39. The third kappa shape index (κ3) is 3.92. The molecule has 8 nitrogen and oxygen atoms in total. The molecular weight excluding hydrogens is 387 g/mol. The van der Waals surface area contributed by atoms with Crippen LogP contribution in [-0.2, 0) is 0 Å². The number of piperidine rings is 1. The summed E-state index contributed by atoms with van der Waals surface area (Å²) in [5.41, 5.74) is 1.45. The van der Waals surface area contributed by atoms with E-state index in [9.17, 15) is 4.39 Å². The first-order chi connectivity index (χ1) is 14.7. The molecule has 0 atom stereocenters. The van der Waals surface area contributed by atoms with Gasteiger partial charge in [0.1, 0.15) is 22.9 Å². The maximum atomic E-state index is 14.2. The first kappa shape index (κ1) is 18.8. The molecule has 1 saturated heterocycles. The Morgan fingerprint density at radius 1 is 1.03 bits per heavy atom. The first-order valence-corrected chi connectivity index (χ1v) is 10.2. The smallest absolute Gasteiger partial charge is 0.172 e. The summed E-state index contributed by atoms with van der Waals surface area (Å²) in [5.74, 6) is 1.95. The van der Waals surface area contributed by atoms with E-state index in [2.05, 4.69) is 20.4 Å². The molecule has 9 heteroatoms. The zero-order valence-corrected chi connectivity index (χ0v) is 16.7. The monoisotopic (exact) mass is 410 g/mol. The van der Waals surface area contributed by atoms with Crippen LogP contribution in [0.2, 0.25) is 0 Å². The van der Waals surface area contributed by atoms with Crippen LogP contribution in [0.1, 0.15) is 25.7 Å². The first-order valence-electron chi connectivity index (χ1n) is 10.2. The molecule has 3 heterocycles. The fourth-order valence-electron chi connectivity index (χ4n) is 3.63. The minimum absolute atomic E-state index is 0.0525. The van der Waals surface area contributed by atoms with Crippen molar-refractivity contribution in [3.8, 4) is 11.5 Å². The van der Waals surface area contributed by atoms with Gasteiger partial charge in [-0.1, -0.05) is 0 Å². The van der Waals surface area contributed by atoms with Crippen LogP contribution in [0.4, 0.5) is 16.0 Å². The van der Waals surface area contributed by atoms with Crippen molar-refractivity contribution in [1.82, 2.24) is 20.2 Å². The van der Waals surface area contributed by atoms with Gasteiger partial charge in [-0.05, 0) is 25.0 Å². The number of rotatable bonds is 6. The van der Waals surface area contributed by atoms with E-state index in [-0.39, 0.29) is 11.9 Å². The molecule has 1 aliphatic carbocycles. The summed E-state index contributed by atoms with van der Waals surface area (Å²) in [6.45, 7) is 1.50. The van der Waals surface area contributed by atoms with Crippen molar-refractivity contribution in [2.24, 2.45) is 0 Å². The van der Waals surface area contributed by atoms with Crippen molar-refractivity contribution in [1.29, 1.82) is 0 Å². The quantitative estimate of drug-likeness (QED) is 0.663. The fourth-order valence-corrected chi connectivity index (χ4v) is 3.63. The summed E-state index contributed by atoms with van der Waals surface area (Å²) in [5, 5.41) is 11.3. The molecule has 1 saturated carbocycles. The number of benzene rings is 1. The fraction of sp³-hybridized carbons (Fsp3) is 0.429. The minimum Gasteiger partial charge on any atom is -0.497 e. The summed E-state index contributed by atoms with van der Waals surface area (Å²) in [4.78, 5) is 11.8. The van der Waals surface area contributed by atoms with Crippen molar-refractivity contribution in [2.75, 3.05) is 30.4 Å². The van der Waals surface area contributed by atoms with E-state index < -0.39 is 5.82 Å². The van der Waals surface area contributed by atoms with E-state index in [1.807, 2.05) is 0 Å². The number of fused-ring (bicyclic) bond motifs is 1. The number of hydrogen-bond acceptors (Lipinski definition) is 8. The van der Waals surface area contributed by atoms with Crippen LogP contribution in [0.15, 0.2) is 30.6 Å². The van der Waals surface area contributed by atoms with Crippen molar-refractivity contribution in [2.45, 2.75) is 37.8 Å². The van der Waals surface area contributed by atoms with Crippen molar-refractivity contribution >= 4 is 22.7 Å². The Hall–Kier alpha value is -3.23. The van der Waals surface area contributed by atoms with Crippen LogP contribution in [0.25, 0.3) is 11.0 Å². The molecule has 30 heavy (non-hydrogen) atoms. The lowest BCUT2D eigenvalue weighted by molar-refractivity contribution is 0.163. The number of hydrogen-bond donors (Lipinski definition) is 1. The highest BCUT2D eigenvalue weighted by molar-refractivity contribution is 5.79. The van der Waals surface area contributed by atoms with E-state index in [1.54, 1.807) is 24.5 Å². The highest BCUT2D eigenvalue weighted by Crippen LogP contribution is 2.32. The summed E-state index contributed by atoms with van der Waals surface area (Å²) < 4.78 is 25.2. The maximum Gasteiger partial charge on any atom is 0.172 e. The zero-order chi connectivity index (χ0) is 20.5. The van der Waals surface area contributed by atoms with Gasteiger partial charge in [-0.15, -0.1) is 0 Å². The van der Waals surface area contributed by atoms with E-state index >= 15 is 0 Å². The molecule has 0 unspecified atom stereocenters. The number of nitrogens with zero attached hydrogens (tertiary/aromatic N) is 5. The van der Waals surface area contributed by atoms with Gasteiger partial charge in [0, 0.05) is 38.0 Å². The lowest BCUT2D eigenvalue weighted by Gasteiger charge is -2.33. The predicted molar refractivity (Wildman–Crippen MR) is 111 cm³/mol. The number of aromatic nitrogens is 4. The Morgan fingerprint density at radius 3 is 2.43 bits per heavy atom. The van der Waals surface area contributed by atoms with Crippen LogP contribution in [0.3, 0.4) is 0 Å². The number of nitrogens with one attached hydrogen (secondary N) is 1. The Bertz CT molecular complexity index is 1050. The Kier molecular flexibility index (Phi) is 4.94. The normalized spacial score (nSPS) is 17.2. The number of ether oxygens (including phenoxy) is 2. The zero-order valence-electron chi connectivity index (χ0n) is 16.7. The summed E-state index contributed by atoms with van der Waals surface area (Å²) >= 11 is 0. The molecule has 2 aliphatic rings. The molecule has 1 N–H and O–H groups in total. The van der Waals surface area contributed by atoms with Crippen molar-refractivity contribution in [3.63, 3.8) is 0 Å². The third-order valence-corrected chi connectivity index (χ3v) is 5.45. The van der Waals surface area contributed by atoms with Crippen LogP contribution in [-0.4, -0.2) is 52.5 Å². The highest BCUT2D eigenvalue weighted by Gasteiger charge is 2.28. The molecule has 0 radical (unpaired) electrons. The molecule has 0 spiro atoms. The average Bonchev–Trinajstić information content (AvgIpc) is 3.59. The molecule has 2 fully saturated rings. The summed E-state index contributed by atoms with van der Waals surface area (Å²) in [6, 6.07) is 5.13. The number of halogens is 1. The van der Waals surface area contributed by atoms with E-state index in [0.717, 1.165) is 61.4 Å². The topological polar surface area (TPSA) is 85.3 Å². The largest absolute Gasteiger partial charge is 0.497 e. The molecule has 1 aliphatic heterocycles. The molecule has 2 aromatic heterocycles.